The third-order valence-corrected chi connectivity index (χ3v) is 6.16. The highest BCUT2D eigenvalue weighted by atomic mass is 35.5. The van der Waals surface area contributed by atoms with E-state index in [9.17, 15) is 9.59 Å². The summed E-state index contributed by atoms with van der Waals surface area (Å²) in [5, 5.41) is 3.76. The van der Waals surface area contributed by atoms with E-state index in [1.54, 1.807) is 12.1 Å². The van der Waals surface area contributed by atoms with Gasteiger partial charge in [0.2, 0.25) is 0 Å². The Labute approximate surface area is 197 Å². The van der Waals surface area contributed by atoms with Crippen molar-refractivity contribution in [3.63, 3.8) is 0 Å². The predicted octanol–water partition coefficient (Wildman–Crippen LogP) is 3.80. The lowest BCUT2D eigenvalue weighted by atomic mass is 10.1. The summed E-state index contributed by atoms with van der Waals surface area (Å²) in [6.07, 6.45) is 0. The number of rotatable bonds is 5. The third kappa shape index (κ3) is 5.18. The third-order valence-electron chi connectivity index (χ3n) is 5.76. The molecule has 32 heavy (non-hydrogen) atoms. The van der Waals surface area contributed by atoms with Crippen molar-refractivity contribution in [1.82, 2.24) is 15.1 Å². The SMILES string of the molecule is Cc1ccc(C(CNC(=O)c2cc(=O)c3cc(Cl)c(C)cc3o2)N2CCN(C)CC2)o1.Cl. The molecule has 0 radical (unpaired) electrons. The van der Waals surface area contributed by atoms with Crippen LogP contribution in [0.25, 0.3) is 11.0 Å². The maximum Gasteiger partial charge on any atom is 0.287 e. The van der Waals surface area contributed by atoms with Crippen molar-refractivity contribution < 1.29 is 13.6 Å². The number of benzene rings is 1. The number of nitrogens with zero attached hydrogens (tertiary/aromatic N) is 2. The summed E-state index contributed by atoms with van der Waals surface area (Å²) in [7, 11) is 2.10. The summed E-state index contributed by atoms with van der Waals surface area (Å²) < 4.78 is 11.6. The van der Waals surface area contributed by atoms with Crippen molar-refractivity contribution in [3.05, 3.63) is 68.4 Å². The molecule has 1 unspecified atom stereocenters. The molecule has 172 valence electrons. The predicted molar refractivity (Wildman–Crippen MR) is 127 cm³/mol. The fourth-order valence-corrected chi connectivity index (χ4v) is 4.00. The van der Waals surface area contributed by atoms with Gasteiger partial charge in [0, 0.05) is 43.8 Å². The maximum atomic E-state index is 12.8. The number of hydrogen-bond donors (Lipinski definition) is 1. The Bertz CT molecular complexity index is 1170. The molecule has 0 saturated carbocycles. The number of piperazine rings is 1. The van der Waals surface area contributed by atoms with Crippen molar-refractivity contribution in [2.75, 3.05) is 39.8 Å². The van der Waals surface area contributed by atoms with Gasteiger partial charge in [-0.2, -0.15) is 0 Å². The molecule has 1 N–H and O–H groups in total. The van der Waals surface area contributed by atoms with Crippen LogP contribution in [-0.4, -0.2) is 55.5 Å². The second kappa shape index (κ2) is 10.1. The summed E-state index contributed by atoms with van der Waals surface area (Å²) in [5.74, 6) is 1.18. The standard InChI is InChI=1S/C23H26ClN3O4.ClH/c1-14-10-21-16(11-17(14)24)19(28)12-22(31-21)23(29)25-13-18(20-5-4-15(2)30-20)27-8-6-26(3)7-9-27;/h4-5,10-12,18H,6-9,13H2,1-3H3,(H,25,29);1H. The normalized spacial score (nSPS) is 16.0. The number of likely N-dealkylation sites (N-methyl/N-ethyl adjacent to an activating group) is 1. The van der Waals surface area contributed by atoms with Gasteiger partial charge >= 0.3 is 0 Å². The topological polar surface area (TPSA) is 78.9 Å². The van der Waals surface area contributed by atoms with Crippen LogP contribution in [0.3, 0.4) is 0 Å². The van der Waals surface area contributed by atoms with E-state index in [0.29, 0.717) is 22.5 Å². The van der Waals surface area contributed by atoms with E-state index in [1.807, 2.05) is 26.0 Å². The maximum absolute atomic E-state index is 12.8. The number of hydrogen-bond acceptors (Lipinski definition) is 6. The fourth-order valence-electron chi connectivity index (χ4n) is 3.84. The number of amides is 1. The molecule has 7 nitrogen and oxygen atoms in total. The molecule has 3 aromatic rings. The highest BCUT2D eigenvalue weighted by Gasteiger charge is 2.27. The number of aryl methyl sites for hydroxylation is 2. The zero-order valence-electron chi connectivity index (χ0n) is 18.3. The lowest BCUT2D eigenvalue weighted by Gasteiger charge is -2.37. The van der Waals surface area contributed by atoms with Crippen LogP contribution >= 0.6 is 24.0 Å². The average molecular weight is 480 g/mol. The first-order valence-corrected chi connectivity index (χ1v) is 10.7. The van der Waals surface area contributed by atoms with Crippen molar-refractivity contribution in [2.45, 2.75) is 19.9 Å². The lowest BCUT2D eigenvalue weighted by molar-refractivity contribution is 0.0830. The van der Waals surface area contributed by atoms with Crippen LogP contribution in [0.1, 0.15) is 33.7 Å². The highest BCUT2D eigenvalue weighted by molar-refractivity contribution is 6.32. The van der Waals surface area contributed by atoms with Crippen molar-refractivity contribution >= 4 is 40.9 Å². The first kappa shape index (κ1) is 24.3. The van der Waals surface area contributed by atoms with Gasteiger partial charge in [0.15, 0.2) is 11.2 Å². The molecule has 0 spiro atoms. The average Bonchev–Trinajstić information content (AvgIpc) is 3.16. The van der Waals surface area contributed by atoms with Crippen molar-refractivity contribution in [2.24, 2.45) is 0 Å². The minimum absolute atomic E-state index is 0. The van der Waals surface area contributed by atoms with Crippen LogP contribution < -0.4 is 10.7 Å². The highest BCUT2D eigenvalue weighted by Crippen LogP contribution is 2.25. The number of fused-ring (bicyclic) bond motifs is 1. The zero-order valence-corrected chi connectivity index (χ0v) is 19.9. The van der Waals surface area contributed by atoms with E-state index in [2.05, 4.69) is 22.2 Å². The van der Waals surface area contributed by atoms with Gasteiger partial charge in [-0.25, -0.2) is 0 Å². The van der Waals surface area contributed by atoms with Gasteiger partial charge in [0.25, 0.3) is 5.91 Å². The number of halogens is 2. The Morgan fingerprint density at radius 2 is 1.84 bits per heavy atom. The van der Waals surface area contributed by atoms with E-state index >= 15 is 0 Å². The summed E-state index contributed by atoms with van der Waals surface area (Å²) in [4.78, 5) is 29.9. The number of carbonyl (C=O) groups excluding carboxylic acids is 1. The number of carbonyl (C=O) groups is 1. The van der Waals surface area contributed by atoms with E-state index in [4.69, 9.17) is 20.4 Å². The number of nitrogens with one attached hydrogen (secondary N) is 1. The van der Waals surface area contributed by atoms with Gasteiger partial charge in [0.05, 0.1) is 11.4 Å². The summed E-state index contributed by atoms with van der Waals surface area (Å²) in [6.45, 7) is 7.72. The quantitative estimate of drug-likeness (QED) is 0.599. The van der Waals surface area contributed by atoms with Crippen LogP contribution in [0.5, 0.6) is 0 Å². The van der Waals surface area contributed by atoms with Gasteiger partial charge in [-0.05, 0) is 50.7 Å². The molecule has 1 atom stereocenters. The van der Waals surface area contributed by atoms with Gasteiger partial charge in [-0.3, -0.25) is 14.5 Å². The molecule has 0 bridgehead atoms. The monoisotopic (exact) mass is 479 g/mol. The minimum atomic E-state index is -0.436. The molecule has 4 rings (SSSR count). The first-order valence-electron chi connectivity index (χ1n) is 10.3. The van der Waals surface area contributed by atoms with Gasteiger partial charge < -0.3 is 19.1 Å². The van der Waals surface area contributed by atoms with Gasteiger partial charge in [0.1, 0.15) is 17.1 Å². The van der Waals surface area contributed by atoms with Crippen LogP contribution in [0, 0.1) is 13.8 Å². The van der Waals surface area contributed by atoms with Gasteiger partial charge in [-0.1, -0.05) is 11.6 Å². The molecule has 1 amide bonds. The van der Waals surface area contributed by atoms with Crippen molar-refractivity contribution in [1.29, 1.82) is 0 Å². The Morgan fingerprint density at radius 3 is 2.50 bits per heavy atom. The molecular formula is C23H27Cl2N3O4. The summed E-state index contributed by atoms with van der Waals surface area (Å²) in [6, 6.07) is 8.24. The smallest absolute Gasteiger partial charge is 0.287 e. The molecule has 1 saturated heterocycles. The molecule has 1 fully saturated rings. The van der Waals surface area contributed by atoms with Gasteiger partial charge in [-0.15, -0.1) is 12.4 Å². The molecule has 1 aliphatic rings. The van der Waals surface area contributed by atoms with Crippen molar-refractivity contribution in [3.8, 4) is 0 Å². The van der Waals surface area contributed by atoms with Crippen LogP contribution in [-0.2, 0) is 0 Å². The molecular weight excluding hydrogens is 453 g/mol. The van der Waals surface area contributed by atoms with E-state index in [1.165, 1.54) is 6.07 Å². The fraction of sp³-hybridized carbons (Fsp3) is 0.391. The second-order valence-corrected chi connectivity index (χ2v) is 8.49. The Kier molecular flexibility index (Phi) is 7.67. The van der Waals surface area contributed by atoms with Crippen LogP contribution in [0.4, 0.5) is 0 Å². The molecule has 3 heterocycles. The summed E-state index contributed by atoms with van der Waals surface area (Å²) in [5.41, 5.74) is 0.820. The zero-order chi connectivity index (χ0) is 22.1. The molecule has 1 aliphatic heterocycles. The molecule has 1 aromatic carbocycles. The van der Waals surface area contributed by atoms with E-state index in [-0.39, 0.29) is 29.6 Å². The summed E-state index contributed by atoms with van der Waals surface area (Å²) >= 11 is 6.11. The second-order valence-electron chi connectivity index (χ2n) is 8.09. The molecule has 2 aromatic heterocycles. The Hall–Kier alpha value is -2.32. The minimum Gasteiger partial charge on any atom is -0.465 e. The molecule has 9 heteroatoms. The lowest BCUT2D eigenvalue weighted by Crippen LogP contribution is -2.48. The Balaban J connectivity index is 0.00000289. The van der Waals surface area contributed by atoms with E-state index in [0.717, 1.165) is 43.3 Å². The van der Waals surface area contributed by atoms with Crippen LogP contribution in [0.2, 0.25) is 5.02 Å². The molecule has 0 aliphatic carbocycles. The van der Waals surface area contributed by atoms with Crippen LogP contribution in [0.15, 0.2) is 44.0 Å². The number of furan rings is 1. The first-order chi connectivity index (χ1) is 14.8. The van der Waals surface area contributed by atoms with E-state index < -0.39 is 5.91 Å². The largest absolute Gasteiger partial charge is 0.465 e. The Morgan fingerprint density at radius 1 is 1.12 bits per heavy atom.